The van der Waals surface area contributed by atoms with Crippen molar-refractivity contribution >= 4 is 12.0 Å². The number of hydrogen-bond acceptors (Lipinski definition) is 3. The maximum absolute atomic E-state index is 11.5. The minimum Gasteiger partial charge on any atom is -0.488 e. The number of rotatable bonds is 5. The van der Waals surface area contributed by atoms with Crippen LogP contribution in [0.15, 0.2) is 30.3 Å². The molecule has 3 heteroatoms. The predicted octanol–water partition coefficient (Wildman–Crippen LogP) is 4.22. The largest absolute Gasteiger partial charge is 0.488 e. The van der Waals surface area contributed by atoms with Crippen molar-refractivity contribution in [1.29, 1.82) is 0 Å². The molecule has 1 aromatic rings. The van der Waals surface area contributed by atoms with Crippen molar-refractivity contribution < 1.29 is 14.3 Å². The summed E-state index contributed by atoms with van der Waals surface area (Å²) in [5, 5.41) is 0. The Morgan fingerprint density at radius 2 is 1.85 bits per heavy atom. The van der Waals surface area contributed by atoms with E-state index in [-0.39, 0.29) is 17.7 Å². The highest BCUT2D eigenvalue weighted by molar-refractivity contribution is 5.87. The molecule has 0 bridgehead atoms. The van der Waals surface area contributed by atoms with E-state index in [0.717, 1.165) is 17.7 Å². The van der Waals surface area contributed by atoms with Gasteiger partial charge in [-0.1, -0.05) is 19.1 Å². The summed E-state index contributed by atoms with van der Waals surface area (Å²) in [7, 11) is 0. The molecule has 0 N–H and O–H groups in total. The van der Waals surface area contributed by atoms with Crippen molar-refractivity contribution in [1.82, 2.24) is 0 Å². The van der Waals surface area contributed by atoms with Gasteiger partial charge in [0.05, 0.1) is 6.10 Å². The molecule has 0 saturated carbocycles. The lowest BCUT2D eigenvalue weighted by Crippen LogP contribution is -2.22. The Morgan fingerprint density at radius 1 is 1.25 bits per heavy atom. The monoisotopic (exact) mass is 276 g/mol. The van der Waals surface area contributed by atoms with E-state index < -0.39 is 0 Å². The molecule has 0 fully saturated rings. The van der Waals surface area contributed by atoms with Crippen LogP contribution in [-0.4, -0.2) is 17.7 Å². The highest BCUT2D eigenvalue weighted by Gasteiger charge is 2.11. The molecule has 0 amide bonds. The van der Waals surface area contributed by atoms with Crippen LogP contribution < -0.4 is 4.74 Å². The third-order valence-electron chi connectivity index (χ3n) is 2.61. The highest BCUT2D eigenvalue weighted by atomic mass is 16.5. The summed E-state index contributed by atoms with van der Waals surface area (Å²) in [4.78, 5) is 11.5. The minimum absolute atomic E-state index is 0.0466. The van der Waals surface area contributed by atoms with Gasteiger partial charge >= 0.3 is 5.97 Å². The summed E-state index contributed by atoms with van der Waals surface area (Å²) in [6.07, 6.45) is 3.96. The Kier molecular flexibility index (Phi) is 5.81. The number of carbonyl (C=O) groups excluding carboxylic acids is 1. The molecule has 110 valence electrons. The summed E-state index contributed by atoms with van der Waals surface area (Å²) in [6, 6.07) is 7.61. The average molecular weight is 276 g/mol. The Balaban J connectivity index is 2.59. The smallest absolute Gasteiger partial charge is 0.331 e. The second-order valence-corrected chi connectivity index (χ2v) is 5.77. The fourth-order valence-electron chi connectivity index (χ4n) is 1.49. The fraction of sp³-hybridized carbons (Fsp3) is 0.471. The standard InChI is InChI=1S/C17H24O3/c1-6-13(2)19-16(18)12-9-14-7-10-15(11-8-14)20-17(3,4)5/h7-13H,6H2,1-5H3/b12-9+. The molecule has 0 aliphatic heterocycles. The van der Waals surface area contributed by atoms with Crippen LogP contribution >= 0.6 is 0 Å². The van der Waals surface area contributed by atoms with Crippen molar-refractivity contribution in [2.45, 2.75) is 52.7 Å². The summed E-state index contributed by atoms with van der Waals surface area (Å²) >= 11 is 0. The number of carbonyl (C=O) groups is 1. The van der Waals surface area contributed by atoms with Crippen LogP contribution in [0.2, 0.25) is 0 Å². The van der Waals surface area contributed by atoms with Gasteiger partial charge < -0.3 is 9.47 Å². The van der Waals surface area contributed by atoms with Gasteiger partial charge in [0, 0.05) is 6.08 Å². The third-order valence-corrected chi connectivity index (χ3v) is 2.61. The van der Waals surface area contributed by atoms with Gasteiger partial charge in [0.1, 0.15) is 11.4 Å². The number of ether oxygens (including phenoxy) is 2. The van der Waals surface area contributed by atoms with E-state index in [9.17, 15) is 4.79 Å². The minimum atomic E-state index is -0.311. The second kappa shape index (κ2) is 7.13. The number of esters is 1. The maximum atomic E-state index is 11.5. The molecule has 1 unspecified atom stereocenters. The predicted molar refractivity (Wildman–Crippen MR) is 81.7 cm³/mol. The van der Waals surface area contributed by atoms with Crippen LogP contribution in [0.25, 0.3) is 6.08 Å². The molecule has 0 radical (unpaired) electrons. The van der Waals surface area contributed by atoms with Gasteiger partial charge in [0.2, 0.25) is 0 Å². The van der Waals surface area contributed by atoms with Gasteiger partial charge in [-0.05, 0) is 57.9 Å². The van der Waals surface area contributed by atoms with Crippen LogP contribution in [-0.2, 0) is 9.53 Å². The van der Waals surface area contributed by atoms with Gasteiger partial charge in [-0.25, -0.2) is 4.79 Å². The zero-order valence-corrected chi connectivity index (χ0v) is 13.0. The van der Waals surface area contributed by atoms with E-state index >= 15 is 0 Å². The lowest BCUT2D eigenvalue weighted by Gasteiger charge is -2.21. The van der Waals surface area contributed by atoms with E-state index in [0.29, 0.717) is 0 Å². The molecule has 0 aliphatic carbocycles. The SMILES string of the molecule is CCC(C)OC(=O)/C=C/c1ccc(OC(C)(C)C)cc1. The van der Waals surface area contributed by atoms with E-state index in [1.165, 1.54) is 6.08 Å². The molecule has 1 rings (SSSR count). The number of benzene rings is 1. The Bertz CT molecular complexity index is 452. The highest BCUT2D eigenvalue weighted by Crippen LogP contribution is 2.19. The summed E-state index contributed by atoms with van der Waals surface area (Å²) in [5.74, 6) is 0.506. The summed E-state index contributed by atoms with van der Waals surface area (Å²) < 4.78 is 10.9. The van der Waals surface area contributed by atoms with Crippen molar-refractivity contribution in [3.8, 4) is 5.75 Å². The van der Waals surface area contributed by atoms with E-state index in [1.807, 2.05) is 58.9 Å². The molecule has 0 aliphatic rings. The van der Waals surface area contributed by atoms with Gasteiger partial charge in [-0.2, -0.15) is 0 Å². The number of hydrogen-bond donors (Lipinski definition) is 0. The first-order valence-electron chi connectivity index (χ1n) is 6.98. The molecular formula is C17H24O3. The first-order valence-corrected chi connectivity index (χ1v) is 6.98. The molecule has 0 spiro atoms. The zero-order chi connectivity index (χ0) is 15.2. The van der Waals surface area contributed by atoms with Gasteiger partial charge in [0.15, 0.2) is 0 Å². The van der Waals surface area contributed by atoms with Crippen LogP contribution in [0.4, 0.5) is 0 Å². The van der Waals surface area contributed by atoms with Crippen LogP contribution in [0.1, 0.15) is 46.6 Å². The summed E-state index contributed by atoms with van der Waals surface area (Å²) in [6.45, 7) is 9.88. The molecular weight excluding hydrogens is 252 g/mol. The third kappa shape index (κ3) is 6.41. The Hall–Kier alpha value is -1.77. The van der Waals surface area contributed by atoms with Gasteiger partial charge in [0.25, 0.3) is 0 Å². The first-order chi connectivity index (χ1) is 9.30. The molecule has 3 nitrogen and oxygen atoms in total. The quantitative estimate of drug-likeness (QED) is 0.596. The normalized spacial score (nSPS) is 13.2. The first kappa shape index (κ1) is 16.3. The van der Waals surface area contributed by atoms with Crippen molar-refractivity contribution in [3.05, 3.63) is 35.9 Å². The topological polar surface area (TPSA) is 35.5 Å². The Labute approximate surface area is 121 Å². The average Bonchev–Trinajstić information content (AvgIpc) is 2.36. The van der Waals surface area contributed by atoms with E-state index in [1.54, 1.807) is 6.08 Å². The van der Waals surface area contributed by atoms with Gasteiger partial charge in [-0.3, -0.25) is 0 Å². The molecule has 20 heavy (non-hydrogen) atoms. The zero-order valence-electron chi connectivity index (χ0n) is 13.0. The van der Waals surface area contributed by atoms with Crippen LogP contribution in [0.3, 0.4) is 0 Å². The van der Waals surface area contributed by atoms with Gasteiger partial charge in [-0.15, -0.1) is 0 Å². The summed E-state index contributed by atoms with van der Waals surface area (Å²) in [5.41, 5.74) is 0.727. The maximum Gasteiger partial charge on any atom is 0.331 e. The lowest BCUT2D eigenvalue weighted by atomic mass is 10.1. The van der Waals surface area contributed by atoms with E-state index in [4.69, 9.17) is 9.47 Å². The second-order valence-electron chi connectivity index (χ2n) is 5.77. The van der Waals surface area contributed by atoms with Crippen LogP contribution in [0, 0.1) is 0 Å². The van der Waals surface area contributed by atoms with E-state index in [2.05, 4.69) is 0 Å². The molecule has 0 saturated heterocycles. The Morgan fingerprint density at radius 3 is 2.35 bits per heavy atom. The fourth-order valence-corrected chi connectivity index (χ4v) is 1.49. The molecule has 1 atom stereocenters. The molecule has 0 aromatic heterocycles. The van der Waals surface area contributed by atoms with Crippen molar-refractivity contribution in [2.75, 3.05) is 0 Å². The molecule has 0 heterocycles. The lowest BCUT2D eigenvalue weighted by molar-refractivity contribution is -0.142. The molecule has 1 aromatic carbocycles. The van der Waals surface area contributed by atoms with Crippen LogP contribution in [0.5, 0.6) is 5.75 Å². The van der Waals surface area contributed by atoms with Crippen molar-refractivity contribution in [3.63, 3.8) is 0 Å². The van der Waals surface area contributed by atoms with Crippen molar-refractivity contribution in [2.24, 2.45) is 0 Å².